The van der Waals surface area contributed by atoms with Crippen molar-refractivity contribution in [2.24, 2.45) is 12.8 Å². The highest BCUT2D eigenvalue weighted by Gasteiger charge is 2.28. The maximum atomic E-state index is 14.1. The number of hydrogen-bond acceptors (Lipinski definition) is 6. The van der Waals surface area contributed by atoms with Crippen molar-refractivity contribution in [3.05, 3.63) is 92.5 Å². The number of nitrogens with one attached hydrogen (secondary N) is 1. The smallest absolute Gasteiger partial charge is 0.270 e. The molecule has 15 heteroatoms. The van der Waals surface area contributed by atoms with Crippen LogP contribution in [0.15, 0.2) is 53.3 Å². The maximum absolute atomic E-state index is 14.1. The van der Waals surface area contributed by atoms with E-state index in [1.807, 2.05) is 0 Å². The molecule has 0 spiro atoms. The van der Waals surface area contributed by atoms with Gasteiger partial charge in [-0.3, -0.25) is 18.8 Å². The van der Waals surface area contributed by atoms with Gasteiger partial charge in [-0.15, -0.1) is 0 Å². The number of benzene rings is 3. The number of alkyl halides is 2. The van der Waals surface area contributed by atoms with Gasteiger partial charge in [0.25, 0.3) is 11.5 Å². The predicted octanol–water partition coefficient (Wildman–Crippen LogP) is 4.93. The summed E-state index contributed by atoms with van der Waals surface area (Å²) in [4.78, 5) is 18.5. The number of aromatic nitrogens is 4. The number of sulfonamides is 1. The molecule has 0 aliphatic carbocycles. The highest BCUT2D eigenvalue weighted by atomic mass is 35.5. The molecule has 1 atom stereocenters. The van der Waals surface area contributed by atoms with Crippen LogP contribution in [0.25, 0.3) is 27.5 Å². The van der Waals surface area contributed by atoms with E-state index in [0.29, 0.717) is 13.0 Å². The summed E-state index contributed by atoms with van der Waals surface area (Å²) in [5, 5.41) is 4.49. The van der Waals surface area contributed by atoms with E-state index in [4.69, 9.17) is 17.3 Å². The molecule has 2 aromatic heterocycles. The Morgan fingerprint density at radius 1 is 1.10 bits per heavy atom. The quantitative estimate of drug-likeness (QED) is 0.248. The fraction of sp³-hybridized carbons (Fsp3) is 0.222. The van der Waals surface area contributed by atoms with Gasteiger partial charge in [0.15, 0.2) is 5.82 Å². The number of rotatable bonds is 7. The van der Waals surface area contributed by atoms with Crippen LogP contribution in [-0.2, 0) is 29.4 Å². The third-order valence-electron chi connectivity index (χ3n) is 6.55. The topological polar surface area (TPSA) is 125 Å². The lowest BCUT2D eigenvalue weighted by molar-refractivity contribution is 0.0176. The van der Waals surface area contributed by atoms with Crippen molar-refractivity contribution in [3.63, 3.8) is 0 Å². The fourth-order valence-corrected chi connectivity index (χ4v) is 5.55. The van der Waals surface area contributed by atoms with Crippen LogP contribution in [0, 0.1) is 11.6 Å². The van der Waals surface area contributed by atoms with E-state index in [2.05, 4.69) is 14.8 Å². The first kappa shape index (κ1) is 29.5. The molecule has 0 fully saturated rings. The van der Waals surface area contributed by atoms with Gasteiger partial charge in [-0.05, 0) is 48.4 Å². The van der Waals surface area contributed by atoms with Crippen molar-refractivity contribution < 1.29 is 26.0 Å². The van der Waals surface area contributed by atoms with Gasteiger partial charge < -0.3 is 5.73 Å². The molecule has 5 rings (SSSR count). The average Bonchev–Trinajstić information content (AvgIpc) is 3.18. The summed E-state index contributed by atoms with van der Waals surface area (Å²) in [5.41, 5.74) is 5.88. The summed E-state index contributed by atoms with van der Waals surface area (Å²) >= 11 is 6.44. The molecule has 3 aromatic carbocycles. The van der Waals surface area contributed by atoms with Crippen LogP contribution in [-0.4, -0.2) is 34.0 Å². The van der Waals surface area contributed by atoms with Gasteiger partial charge in [-0.25, -0.2) is 31.0 Å². The molecule has 2 heterocycles. The normalized spacial score (nSPS) is 13.2. The van der Waals surface area contributed by atoms with E-state index in [-0.39, 0.29) is 61.7 Å². The van der Waals surface area contributed by atoms with Gasteiger partial charge in [0.2, 0.25) is 10.0 Å². The molecule has 1 unspecified atom stereocenters. The first-order valence-electron chi connectivity index (χ1n) is 12.3. The van der Waals surface area contributed by atoms with Crippen LogP contribution in [0.4, 0.5) is 23.4 Å². The number of nitrogens with two attached hydrogens (primary N) is 1. The monoisotopic (exact) mass is 622 g/mol. The molecule has 0 bridgehead atoms. The number of halogens is 5. The van der Waals surface area contributed by atoms with E-state index in [1.54, 1.807) is 0 Å². The SMILES string of the molecule is Cn1nc(NS(C)(=O)=O)c2c(Cl)ccc(-n3c(C(N)Cc4cc(F)cc(F)c4)nc4cc(C(C)(F)F)ccc4c3=O)c21. The van der Waals surface area contributed by atoms with Crippen LogP contribution in [0.5, 0.6) is 0 Å². The summed E-state index contributed by atoms with van der Waals surface area (Å²) in [6, 6.07) is 7.98. The number of hydrogen-bond donors (Lipinski definition) is 2. The van der Waals surface area contributed by atoms with Gasteiger partial charge in [0.05, 0.1) is 44.8 Å². The molecule has 0 saturated carbocycles. The third kappa shape index (κ3) is 5.56. The highest BCUT2D eigenvalue weighted by molar-refractivity contribution is 7.92. The molecule has 9 nitrogen and oxygen atoms in total. The van der Waals surface area contributed by atoms with Crippen LogP contribution >= 0.6 is 11.6 Å². The minimum Gasteiger partial charge on any atom is -0.321 e. The molecule has 3 N–H and O–H groups in total. The molecule has 220 valence electrons. The van der Waals surface area contributed by atoms with Crippen molar-refractivity contribution in [2.45, 2.75) is 25.3 Å². The minimum absolute atomic E-state index is 0.0181. The third-order valence-corrected chi connectivity index (χ3v) is 7.43. The molecule has 0 radical (unpaired) electrons. The van der Waals surface area contributed by atoms with E-state index < -0.39 is 39.2 Å². The lowest BCUT2D eigenvalue weighted by Crippen LogP contribution is -2.30. The second-order valence-electron chi connectivity index (χ2n) is 9.96. The Morgan fingerprint density at radius 3 is 2.38 bits per heavy atom. The van der Waals surface area contributed by atoms with Gasteiger partial charge in [0.1, 0.15) is 17.5 Å². The number of fused-ring (bicyclic) bond motifs is 2. The standard InChI is InChI=1S/C27H23ClF4N6O3S/c1-27(31,32)14-4-5-17-20(11-14)34-25(19(33)10-13-8-15(29)12-16(30)9-13)38(26(17)39)21-7-6-18(28)22-23(21)37(2)35-24(22)36-42(3,40)41/h4-9,11-12,19H,10,33H2,1-3H3,(H,35,36). The van der Waals surface area contributed by atoms with Crippen LogP contribution < -0.4 is 16.0 Å². The van der Waals surface area contributed by atoms with Crippen LogP contribution in [0.2, 0.25) is 5.02 Å². The first-order chi connectivity index (χ1) is 19.5. The summed E-state index contributed by atoms with van der Waals surface area (Å²) in [6.45, 7) is 0.704. The van der Waals surface area contributed by atoms with Gasteiger partial charge in [-0.2, -0.15) is 5.10 Å². The van der Waals surface area contributed by atoms with E-state index in [9.17, 15) is 30.8 Å². The summed E-state index contributed by atoms with van der Waals surface area (Å²) in [5.74, 6) is -5.12. The van der Waals surface area contributed by atoms with E-state index in [1.165, 1.54) is 29.9 Å². The van der Waals surface area contributed by atoms with Crippen molar-refractivity contribution >= 4 is 49.2 Å². The second-order valence-corrected chi connectivity index (χ2v) is 12.1. The summed E-state index contributed by atoms with van der Waals surface area (Å²) < 4.78 is 84.9. The summed E-state index contributed by atoms with van der Waals surface area (Å²) in [7, 11) is -2.27. The Hall–Kier alpha value is -4.01. The Bertz CT molecular complexity index is 2040. The van der Waals surface area contributed by atoms with Gasteiger partial charge >= 0.3 is 0 Å². The highest BCUT2D eigenvalue weighted by Crippen LogP contribution is 2.36. The summed E-state index contributed by atoms with van der Waals surface area (Å²) in [6.07, 6.45) is 0.753. The van der Waals surface area contributed by atoms with E-state index >= 15 is 0 Å². The number of anilines is 1. The Kier molecular flexibility index (Phi) is 7.28. The lowest BCUT2D eigenvalue weighted by Gasteiger charge is -2.20. The molecule has 0 amide bonds. The lowest BCUT2D eigenvalue weighted by atomic mass is 10.0. The molecular formula is C27H23ClF4N6O3S. The molecule has 42 heavy (non-hydrogen) atoms. The largest absolute Gasteiger partial charge is 0.321 e. The Labute approximate surface area is 241 Å². The predicted molar refractivity (Wildman–Crippen MR) is 152 cm³/mol. The Morgan fingerprint density at radius 2 is 1.76 bits per heavy atom. The molecular weight excluding hydrogens is 600 g/mol. The van der Waals surface area contributed by atoms with E-state index in [0.717, 1.165) is 35.1 Å². The second kappa shape index (κ2) is 10.4. The molecule has 0 saturated heterocycles. The minimum atomic E-state index is -3.77. The zero-order chi connectivity index (χ0) is 30.7. The van der Waals surface area contributed by atoms with Crippen molar-refractivity contribution in [1.82, 2.24) is 19.3 Å². The average molecular weight is 623 g/mol. The fourth-order valence-electron chi connectivity index (χ4n) is 4.82. The molecule has 0 aliphatic heterocycles. The molecule has 0 aliphatic rings. The van der Waals surface area contributed by atoms with Crippen molar-refractivity contribution in [3.8, 4) is 5.69 Å². The Balaban J connectivity index is 1.82. The van der Waals surface area contributed by atoms with Gasteiger partial charge in [0, 0.05) is 25.6 Å². The first-order valence-corrected chi connectivity index (χ1v) is 14.6. The van der Waals surface area contributed by atoms with Crippen LogP contribution in [0.1, 0.15) is 29.9 Å². The zero-order valence-electron chi connectivity index (χ0n) is 22.3. The van der Waals surface area contributed by atoms with Crippen molar-refractivity contribution in [1.29, 1.82) is 0 Å². The number of aryl methyl sites for hydroxylation is 1. The molecule has 5 aromatic rings. The zero-order valence-corrected chi connectivity index (χ0v) is 23.9. The maximum Gasteiger partial charge on any atom is 0.270 e. The van der Waals surface area contributed by atoms with Crippen molar-refractivity contribution in [2.75, 3.05) is 11.0 Å². The van der Waals surface area contributed by atoms with Gasteiger partial charge in [-0.1, -0.05) is 17.7 Å². The van der Waals surface area contributed by atoms with Crippen LogP contribution in [0.3, 0.4) is 0 Å². The number of nitrogens with zero attached hydrogens (tertiary/aromatic N) is 4.